The summed E-state index contributed by atoms with van der Waals surface area (Å²) < 4.78 is 13.6. The van der Waals surface area contributed by atoms with Crippen LogP contribution in [0.3, 0.4) is 0 Å². The first-order chi connectivity index (χ1) is 11.6. The number of nitrogens with zero attached hydrogens (tertiary/aromatic N) is 1. The predicted molar refractivity (Wildman–Crippen MR) is 94.1 cm³/mol. The van der Waals surface area contributed by atoms with Crippen LogP contribution in [-0.4, -0.2) is 10.9 Å². The van der Waals surface area contributed by atoms with Gasteiger partial charge in [0.05, 0.1) is 17.3 Å². The Morgan fingerprint density at radius 2 is 1.79 bits per heavy atom. The molecule has 0 aliphatic carbocycles. The highest BCUT2D eigenvalue weighted by Crippen LogP contribution is 2.23. The highest BCUT2D eigenvalue weighted by Gasteiger charge is 2.20. The molecule has 1 atom stereocenters. The van der Waals surface area contributed by atoms with Crippen molar-refractivity contribution in [2.24, 2.45) is 0 Å². The fraction of sp³-hybridized carbons (Fsp3) is 0.0526. The zero-order valence-electron chi connectivity index (χ0n) is 12.6. The van der Waals surface area contributed by atoms with Gasteiger partial charge in [0.2, 0.25) is 0 Å². The zero-order chi connectivity index (χ0) is 16.9. The van der Waals surface area contributed by atoms with E-state index in [0.717, 1.165) is 11.3 Å². The van der Waals surface area contributed by atoms with Gasteiger partial charge in [0.15, 0.2) is 0 Å². The van der Waals surface area contributed by atoms with Crippen LogP contribution >= 0.6 is 15.9 Å². The lowest BCUT2D eigenvalue weighted by molar-refractivity contribution is 0.0941. The topological polar surface area (TPSA) is 42.0 Å². The van der Waals surface area contributed by atoms with Crippen LogP contribution in [0.4, 0.5) is 4.39 Å². The van der Waals surface area contributed by atoms with Gasteiger partial charge < -0.3 is 5.32 Å². The van der Waals surface area contributed by atoms with E-state index in [2.05, 4.69) is 26.2 Å². The molecule has 3 rings (SSSR count). The van der Waals surface area contributed by atoms with Crippen molar-refractivity contribution < 1.29 is 9.18 Å². The molecule has 1 unspecified atom stereocenters. The lowest BCUT2D eigenvalue weighted by Gasteiger charge is -2.19. The SMILES string of the molecule is O=C(NC(c1ccccc1)c1ccccn1)c1ccc(F)cc1Br. The van der Waals surface area contributed by atoms with Crippen LogP contribution in [0.15, 0.2) is 77.4 Å². The van der Waals surface area contributed by atoms with Crippen molar-refractivity contribution in [2.75, 3.05) is 0 Å². The number of aromatic nitrogens is 1. The van der Waals surface area contributed by atoms with Crippen LogP contribution in [0, 0.1) is 5.82 Å². The van der Waals surface area contributed by atoms with Crippen LogP contribution in [0.1, 0.15) is 27.7 Å². The van der Waals surface area contributed by atoms with E-state index in [9.17, 15) is 9.18 Å². The summed E-state index contributed by atoms with van der Waals surface area (Å²) in [6.07, 6.45) is 1.69. The Morgan fingerprint density at radius 1 is 1.04 bits per heavy atom. The van der Waals surface area contributed by atoms with E-state index in [0.29, 0.717) is 10.0 Å². The largest absolute Gasteiger partial charge is 0.340 e. The minimum absolute atomic E-state index is 0.304. The van der Waals surface area contributed by atoms with Gasteiger partial charge in [-0.3, -0.25) is 9.78 Å². The van der Waals surface area contributed by atoms with Crippen LogP contribution in [0.5, 0.6) is 0 Å². The lowest BCUT2D eigenvalue weighted by atomic mass is 10.0. The monoisotopic (exact) mass is 384 g/mol. The van der Waals surface area contributed by atoms with Crippen molar-refractivity contribution in [1.82, 2.24) is 10.3 Å². The van der Waals surface area contributed by atoms with Gasteiger partial charge >= 0.3 is 0 Å². The summed E-state index contributed by atoms with van der Waals surface area (Å²) in [5, 5.41) is 2.97. The summed E-state index contributed by atoms with van der Waals surface area (Å²) in [5.74, 6) is -0.704. The van der Waals surface area contributed by atoms with E-state index < -0.39 is 11.9 Å². The number of pyridine rings is 1. The molecule has 0 spiro atoms. The van der Waals surface area contributed by atoms with E-state index in [1.54, 1.807) is 6.20 Å². The number of rotatable bonds is 4. The number of hydrogen-bond donors (Lipinski definition) is 1. The van der Waals surface area contributed by atoms with Crippen molar-refractivity contribution in [3.8, 4) is 0 Å². The summed E-state index contributed by atoms with van der Waals surface area (Å²) in [6.45, 7) is 0. The van der Waals surface area contributed by atoms with E-state index in [1.807, 2.05) is 48.5 Å². The first kappa shape index (κ1) is 16.3. The van der Waals surface area contributed by atoms with Crippen molar-refractivity contribution in [3.63, 3.8) is 0 Å². The van der Waals surface area contributed by atoms with Crippen molar-refractivity contribution in [2.45, 2.75) is 6.04 Å². The smallest absolute Gasteiger partial charge is 0.253 e. The number of carbonyl (C=O) groups is 1. The molecule has 0 aliphatic heterocycles. The molecule has 24 heavy (non-hydrogen) atoms. The van der Waals surface area contributed by atoms with E-state index in [1.165, 1.54) is 18.2 Å². The van der Waals surface area contributed by atoms with Gasteiger partial charge in [-0.25, -0.2) is 4.39 Å². The normalized spacial score (nSPS) is 11.8. The fourth-order valence-corrected chi connectivity index (χ4v) is 2.93. The number of benzene rings is 2. The maximum Gasteiger partial charge on any atom is 0.253 e. The number of carbonyl (C=O) groups excluding carboxylic acids is 1. The second-order valence-corrected chi connectivity index (χ2v) is 6.05. The summed E-state index contributed by atoms with van der Waals surface area (Å²) >= 11 is 3.23. The molecule has 1 aromatic heterocycles. The molecule has 0 fully saturated rings. The minimum atomic E-state index is -0.400. The van der Waals surface area contributed by atoms with Crippen LogP contribution in [0.25, 0.3) is 0 Å². The van der Waals surface area contributed by atoms with Crippen LogP contribution < -0.4 is 5.32 Å². The van der Waals surface area contributed by atoms with Crippen molar-refractivity contribution in [3.05, 3.63) is 100 Å². The third-order valence-electron chi connectivity index (χ3n) is 3.57. The third kappa shape index (κ3) is 3.68. The standard InChI is InChI=1S/C19H14BrFN2O/c20-16-12-14(21)9-10-15(16)19(24)23-18(13-6-2-1-3-7-13)17-8-4-5-11-22-17/h1-12,18H,(H,23,24). The van der Waals surface area contributed by atoms with Gasteiger partial charge in [-0.1, -0.05) is 36.4 Å². The first-order valence-corrected chi connectivity index (χ1v) is 8.16. The average molecular weight is 385 g/mol. The molecule has 5 heteroatoms. The average Bonchev–Trinajstić information content (AvgIpc) is 2.61. The molecule has 1 N–H and O–H groups in total. The van der Waals surface area contributed by atoms with Gasteiger partial charge in [0.1, 0.15) is 5.82 Å². The Morgan fingerprint density at radius 3 is 2.46 bits per heavy atom. The lowest BCUT2D eigenvalue weighted by Crippen LogP contribution is -2.30. The van der Waals surface area contributed by atoms with Gasteiger partial charge in [0.25, 0.3) is 5.91 Å². The maximum atomic E-state index is 13.2. The Labute approximate surface area is 147 Å². The molecule has 0 aliphatic rings. The van der Waals surface area contributed by atoms with E-state index in [-0.39, 0.29) is 5.91 Å². The molecule has 0 saturated heterocycles. The minimum Gasteiger partial charge on any atom is -0.340 e. The molecule has 0 radical (unpaired) electrons. The molecule has 0 saturated carbocycles. The highest BCUT2D eigenvalue weighted by atomic mass is 79.9. The van der Waals surface area contributed by atoms with Gasteiger partial charge in [-0.05, 0) is 51.8 Å². The Hall–Kier alpha value is -2.53. The highest BCUT2D eigenvalue weighted by molar-refractivity contribution is 9.10. The quantitative estimate of drug-likeness (QED) is 0.719. The van der Waals surface area contributed by atoms with Gasteiger partial charge in [0, 0.05) is 10.7 Å². The summed E-state index contributed by atoms with van der Waals surface area (Å²) in [5.41, 5.74) is 2.02. The number of halogens is 2. The Kier molecular flexibility index (Phi) is 5.01. The third-order valence-corrected chi connectivity index (χ3v) is 4.22. The maximum absolute atomic E-state index is 13.2. The Bertz CT molecular complexity index is 801. The molecule has 1 heterocycles. The number of amides is 1. The number of nitrogens with one attached hydrogen (secondary N) is 1. The summed E-state index contributed by atoms with van der Waals surface area (Å²) in [6, 6.07) is 18.7. The molecule has 0 bridgehead atoms. The second-order valence-electron chi connectivity index (χ2n) is 5.20. The summed E-state index contributed by atoms with van der Waals surface area (Å²) in [7, 11) is 0. The molecule has 2 aromatic carbocycles. The fourth-order valence-electron chi connectivity index (χ4n) is 2.40. The van der Waals surface area contributed by atoms with Crippen molar-refractivity contribution in [1.29, 1.82) is 0 Å². The molecule has 3 aromatic rings. The Balaban J connectivity index is 1.94. The molecule has 1 amide bonds. The second kappa shape index (κ2) is 7.36. The van der Waals surface area contributed by atoms with Crippen LogP contribution in [0.2, 0.25) is 0 Å². The van der Waals surface area contributed by atoms with Gasteiger partial charge in [-0.2, -0.15) is 0 Å². The van der Waals surface area contributed by atoms with Crippen LogP contribution in [-0.2, 0) is 0 Å². The van der Waals surface area contributed by atoms with E-state index >= 15 is 0 Å². The zero-order valence-corrected chi connectivity index (χ0v) is 14.2. The van der Waals surface area contributed by atoms with Gasteiger partial charge in [-0.15, -0.1) is 0 Å². The first-order valence-electron chi connectivity index (χ1n) is 7.37. The predicted octanol–water partition coefficient (Wildman–Crippen LogP) is 4.50. The van der Waals surface area contributed by atoms with E-state index in [4.69, 9.17) is 0 Å². The number of hydrogen-bond acceptors (Lipinski definition) is 2. The molecule has 120 valence electrons. The molecule has 3 nitrogen and oxygen atoms in total. The summed E-state index contributed by atoms with van der Waals surface area (Å²) in [4.78, 5) is 17.0. The molecular formula is C19H14BrFN2O. The molecular weight excluding hydrogens is 371 g/mol. The van der Waals surface area contributed by atoms with Crippen molar-refractivity contribution >= 4 is 21.8 Å².